The molecule has 1 rings (SSSR count). The van der Waals surface area contributed by atoms with E-state index in [2.05, 4.69) is 20.8 Å². The zero-order valence-corrected chi connectivity index (χ0v) is 10.2. The fourth-order valence-electron chi connectivity index (χ4n) is 3.12. The van der Waals surface area contributed by atoms with E-state index in [-0.39, 0.29) is 11.3 Å². The number of aliphatic carboxylic acids is 1. The van der Waals surface area contributed by atoms with Gasteiger partial charge in [-0.05, 0) is 43.4 Å². The van der Waals surface area contributed by atoms with E-state index in [1.807, 2.05) is 6.92 Å². The zero-order valence-electron chi connectivity index (χ0n) is 10.2. The summed E-state index contributed by atoms with van der Waals surface area (Å²) < 4.78 is 0. The van der Waals surface area contributed by atoms with Crippen LogP contribution in [0.3, 0.4) is 0 Å². The summed E-state index contributed by atoms with van der Waals surface area (Å²) in [6.45, 7) is 8.54. The van der Waals surface area contributed by atoms with Gasteiger partial charge in [0.05, 0.1) is 0 Å². The number of allylic oxidation sites excluding steroid dienone is 1. The summed E-state index contributed by atoms with van der Waals surface area (Å²) in [6.07, 6.45) is 5.00. The van der Waals surface area contributed by atoms with Crippen molar-refractivity contribution in [1.82, 2.24) is 0 Å². The normalized spacial score (nSPS) is 31.3. The van der Waals surface area contributed by atoms with Gasteiger partial charge in [-0.3, -0.25) is 0 Å². The fraction of sp³-hybridized carbons (Fsp3) is 0.769. The van der Waals surface area contributed by atoms with Crippen molar-refractivity contribution in [2.75, 3.05) is 0 Å². The Morgan fingerprint density at radius 3 is 2.40 bits per heavy atom. The molecule has 1 N–H and O–H groups in total. The lowest BCUT2D eigenvalue weighted by molar-refractivity contribution is -0.133. The molecule has 2 heteroatoms. The van der Waals surface area contributed by atoms with E-state index >= 15 is 0 Å². The Kier molecular flexibility index (Phi) is 3.58. The van der Waals surface area contributed by atoms with Crippen molar-refractivity contribution in [3.05, 3.63) is 11.6 Å². The molecule has 0 amide bonds. The van der Waals surface area contributed by atoms with Crippen molar-refractivity contribution in [3.8, 4) is 0 Å². The summed E-state index contributed by atoms with van der Waals surface area (Å²) in [5.74, 6) is 0.131. The molecule has 2 unspecified atom stereocenters. The topological polar surface area (TPSA) is 37.3 Å². The molecular formula is C13H22O2. The molecule has 15 heavy (non-hydrogen) atoms. The van der Waals surface area contributed by atoms with Crippen LogP contribution in [0.5, 0.6) is 0 Å². The molecular weight excluding hydrogens is 188 g/mol. The highest BCUT2D eigenvalue weighted by Gasteiger charge is 2.35. The minimum atomic E-state index is -0.743. The maximum absolute atomic E-state index is 11.1. The number of hydrogen-bond acceptors (Lipinski definition) is 1. The fourth-order valence-corrected chi connectivity index (χ4v) is 3.12. The van der Waals surface area contributed by atoms with Crippen molar-refractivity contribution in [3.63, 3.8) is 0 Å². The monoisotopic (exact) mass is 210 g/mol. The van der Waals surface area contributed by atoms with Crippen molar-refractivity contribution in [2.24, 2.45) is 17.3 Å². The maximum atomic E-state index is 11.1. The molecule has 2 atom stereocenters. The predicted octanol–water partition coefficient (Wildman–Crippen LogP) is 3.48. The Balaban J connectivity index is 2.82. The Morgan fingerprint density at radius 2 is 2.00 bits per heavy atom. The largest absolute Gasteiger partial charge is 0.478 e. The van der Waals surface area contributed by atoms with E-state index in [9.17, 15) is 4.79 Å². The van der Waals surface area contributed by atoms with Gasteiger partial charge in [0.1, 0.15) is 0 Å². The first-order chi connectivity index (χ1) is 6.85. The molecule has 1 aliphatic carbocycles. The summed E-state index contributed by atoms with van der Waals surface area (Å²) in [6, 6.07) is 0. The van der Waals surface area contributed by atoms with Crippen LogP contribution in [0, 0.1) is 17.3 Å². The van der Waals surface area contributed by atoms with Gasteiger partial charge < -0.3 is 5.11 Å². The van der Waals surface area contributed by atoms with Gasteiger partial charge in [0.25, 0.3) is 0 Å². The molecule has 0 aromatic carbocycles. The Hall–Kier alpha value is -0.790. The molecule has 86 valence electrons. The summed E-state index contributed by atoms with van der Waals surface area (Å²) in [5.41, 5.74) is 0.890. The van der Waals surface area contributed by atoms with E-state index in [1.54, 1.807) is 6.08 Å². The average molecular weight is 210 g/mol. The average Bonchev–Trinajstić information content (AvgIpc) is 1.99. The van der Waals surface area contributed by atoms with Gasteiger partial charge in [-0.15, -0.1) is 0 Å². The lowest BCUT2D eigenvalue weighted by Crippen LogP contribution is -2.30. The lowest BCUT2D eigenvalue weighted by Gasteiger charge is -2.39. The van der Waals surface area contributed by atoms with Crippen molar-refractivity contribution < 1.29 is 9.90 Å². The molecule has 1 saturated carbocycles. The molecule has 0 heterocycles. The molecule has 0 aromatic heterocycles. The number of carboxylic acids is 1. The summed E-state index contributed by atoms with van der Waals surface area (Å²) in [4.78, 5) is 11.1. The Morgan fingerprint density at radius 1 is 1.40 bits per heavy atom. The number of hydrogen-bond donors (Lipinski definition) is 1. The second-order valence-corrected chi connectivity index (χ2v) is 5.66. The maximum Gasteiger partial charge on any atom is 0.331 e. The molecule has 0 saturated heterocycles. The van der Waals surface area contributed by atoms with E-state index in [0.717, 1.165) is 12.8 Å². The smallest absolute Gasteiger partial charge is 0.331 e. The van der Waals surface area contributed by atoms with Crippen LogP contribution in [0.25, 0.3) is 0 Å². The van der Waals surface area contributed by atoms with Crippen LogP contribution in [0.4, 0.5) is 0 Å². The van der Waals surface area contributed by atoms with Gasteiger partial charge in [0.2, 0.25) is 0 Å². The third-order valence-corrected chi connectivity index (χ3v) is 3.38. The Labute approximate surface area is 92.4 Å². The molecule has 0 aliphatic heterocycles. The molecule has 2 nitrogen and oxygen atoms in total. The van der Waals surface area contributed by atoms with E-state index in [0.29, 0.717) is 11.5 Å². The summed E-state index contributed by atoms with van der Waals surface area (Å²) >= 11 is 0. The van der Waals surface area contributed by atoms with Gasteiger partial charge in [-0.2, -0.15) is 0 Å². The lowest BCUT2D eigenvalue weighted by atomic mass is 9.66. The van der Waals surface area contributed by atoms with Crippen LogP contribution in [0.15, 0.2) is 11.6 Å². The SMILES string of the molecule is CC=C(C(=O)O)C1CC(C)CC(C)(C)C1. The highest BCUT2D eigenvalue weighted by Crippen LogP contribution is 2.44. The first-order valence-corrected chi connectivity index (χ1v) is 5.75. The predicted molar refractivity (Wildman–Crippen MR) is 61.7 cm³/mol. The first-order valence-electron chi connectivity index (χ1n) is 5.75. The van der Waals surface area contributed by atoms with Gasteiger partial charge in [0.15, 0.2) is 0 Å². The molecule has 0 spiro atoms. The van der Waals surface area contributed by atoms with Gasteiger partial charge in [0, 0.05) is 5.57 Å². The van der Waals surface area contributed by atoms with E-state index in [1.165, 1.54) is 6.42 Å². The van der Waals surface area contributed by atoms with Crippen LogP contribution in [0.2, 0.25) is 0 Å². The van der Waals surface area contributed by atoms with Gasteiger partial charge in [-0.25, -0.2) is 4.79 Å². The minimum absolute atomic E-state index is 0.242. The molecule has 1 fully saturated rings. The summed E-state index contributed by atoms with van der Waals surface area (Å²) in [7, 11) is 0. The highest BCUT2D eigenvalue weighted by molar-refractivity contribution is 5.87. The third-order valence-electron chi connectivity index (χ3n) is 3.38. The second kappa shape index (κ2) is 4.38. The standard InChI is InChI=1S/C13H22O2/c1-5-11(12(14)15)10-6-9(2)7-13(3,4)8-10/h5,9-10H,6-8H2,1-4H3,(H,14,15). The van der Waals surface area contributed by atoms with Crippen LogP contribution in [-0.4, -0.2) is 11.1 Å². The highest BCUT2D eigenvalue weighted by atomic mass is 16.4. The zero-order chi connectivity index (χ0) is 11.6. The van der Waals surface area contributed by atoms with Gasteiger partial charge in [-0.1, -0.05) is 26.8 Å². The Bertz CT molecular complexity index is 276. The number of carbonyl (C=O) groups is 1. The van der Waals surface area contributed by atoms with Crippen molar-refractivity contribution in [1.29, 1.82) is 0 Å². The van der Waals surface area contributed by atoms with Crippen LogP contribution in [0.1, 0.15) is 47.0 Å². The number of rotatable bonds is 2. The van der Waals surface area contributed by atoms with Gasteiger partial charge >= 0.3 is 5.97 Å². The molecule has 0 aromatic rings. The summed E-state index contributed by atoms with van der Waals surface area (Å²) in [5, 5.41) is 9.11. The third kappa shape index (κ3) is 3.08. The first kappa shape index (κ1) is 12.3. The quantitative estimate of drug-likeness (QED) is 0.708. The van der Waals surface area contributed by atoms with Crippen molar-refractivity contribution in [2.45, 2.75) is 47.0 Å². The van der Waals surface area contributed by atoms with E-state index in [4.69, 9.17) is 5.11 Å². The van der Waals surface area contributed by atoms with Crippen LogP contribution < -0.4 is 0 Å². The molecule has 1 aliphatic rings. The minimum Gasteiger partial charge on any atom is -0.478 e. The van der Waals surface area contributed by atoms with Crippen LogP contribution >= 0.6 is 0 Å². The van der Waals surface area contributed by atoms with E-state index < -0.39 is 5.97 Å². The second-order valence-electron chi connectivity index (χ2n) is 5.66. The van der Waals surface area contributed by atoms with Crippen molar-refractivity contribution >= 4 is 5.97 Å². The molecule has 0 bridgehead atoms. The molecule has 0 radical (unpaired) electrons. The number of carboxylic acid groups (broad SMARTS) is 1. The van der Waals surface area contributed by atoms with Crippen LogP contribution in [-0.2, 0) is 4.79 Å².